The third-order valence-corrected chi connectivity index (χ3v) is 1.57. The highest BCUT2D eigenvalue weighted by molar-refractivity contribution is 6.09. The van der Waals surface area contributed by atoms with E-state index < -0.39 is 0 Å². The number of hydrogen-bond donors (Lipinski definition) is 0. The molecule has 0 aliphatic carbocycles. The van der Waals surface area contributed by atoms with Gasteiger partial charge >= 0.3 is 5.97 Å². The van der Waals surface area contributed by atoms with Crippen molar-refractivity contribution in [1.82, 2.24) is 0 Å². The van der Waals surface area contributed by atoms with Crippen LogP contribution < -0.4 is 0 Å². The lowest BCUT2D eigenvalue weighted by atomic mass is 10.2. The van der Waals surface area contributed by atoms with Gasteiger partial charge in [0.25, 0.3) is 0 Å². The van der Waals surface area contributed by atoms with Crippen LogP contribution in [0.1, 0.15) is 10.4 Å². The number of carbonyl (C=O) groups is 1. The van der Waals surface area contributed by atoms with E-state index in [0.717, 1.165) is 0 Å². The third-order valence-electron chi connectivity index (χ3n) is 1.19. The lowest BCUT2D eigenvalue weighted by molar-refractivity contribution is 0.0749. The van der Waals surface area contributed by atoms with E-state index in [2.05, 4.69) is 4.43 Å². The molecule has 0 fully saturated rings. The Morgan fingerprint density at radius 3 is 2.40 bits per heavy atom. The number of rotatable bonds is 1. The lowest BCUT2D eigenvalue weighted by Gasteiger charge is -1.96. The van der Waals surface area contributed by atoms with Gasteiger partial charge in [0.2, 0.25) is 10.5 Å². The Balaban J connectivity index is 2.85. The standard InChI is InChI=1S/C7H8O2Si/c8-7(9-10)6-4-2-1-3-5-6/h1-5H,10H3. The minimum atomic E-state index is -0.229. The first kappa shape index (κ1) is 7.02. The van der Waals surface area contributed by atoms with Crippen molar-refractivity contribution in [2.45, 2.75) is 0 Å². The Morgan fingerprint density at radius 1 is 1.30 bits per heavy atom. The molecule has 52 valence electrons. The summed E-state index contributed by atoms with van der Waals surface area (Å²) in [5.41, 5.74) is 0.623. The average molecular weight is 152 g/mol. The van der Waals surface area contributed by atoms with Crippen LogP contribution in [-0.4, -0.2) is 16.5 Å². The summed E-state index contributed by atoms with van der Waals surface area (Å²) in [6.45, 7) is 0. The SMILES string of the molecule is O=C(O[SiH3])c1ccccc1. The van der Waals surface area contributed by atoms with Crippen LogP contribution in [0, 0.1) is 0 Å². The van der Waals surface area contributed by atoms with Crippen LogP contribution in [0.25, 0.3) is 0 Å². The second-order valence-corrected chi connectivity index (χ2v) is 2.27. The van der Waals surface area contributed by atoms with Gasteiger partial charge in [0.15, 0.2) is 0 Å². The molecule has 0 radical (unpaired) electrons. The van der Waals surface area contributed by atoms with Crippen LogP contribution in [0.3, 0.4) is 0 Å². The number of carbonyl (C=O) groups excluding carboxylic acids is 1. The molecule has 0 heterocycles. The zero-order valence-electron chi connectivity index (χ0n) is 5.70. The predicted octanol–water partition coefficient (Wildman–Crippen LogP) is 0.124. The van der Waals surface area contributed by atoms with E-state index >= 15 is 0 Å². The first-order valence-electron chi connectivity index (χ1n) is 2.98. The lowest BCUT2D eigenvalue weighted by Crippen LogP contribution is -2.00. The Morgan fingerprint density at radius 2 is 1.90 bits per heavy atom. The van der Waals surface area contributed by atoms with E-state index in [4.69, 9.17) is 0 Å². The molecular formula is C7H8O2Si. The number of hydrogen-bond acceptors (Lipinski definition) is 2. The van der Waals surface area contributed by atoms with Gasteiger partial charge in [-0.15, -0.1) is 0 Å². The summed E-state index contributed by atoms with van der Waals surface area (Å²) in [6.07, 6.45) is 0. The highest BCUT2D eigenvalue weighted by Crippen LogP contribution is 1.98. The minimum absolute atomic E-state index is 0.229. The Labute approximate surface area is 62.4 Å². The molecule has 0 aliphatic rings. The van der Waals surface area contributed by atoms with Crippen LogP contribution in [-0.2, 0) is 4.43 Å². The summed E-state index contributed by atoms with van der Waals surface area (Å²) >= 11 is 0. The molecule has 1 aromatic carbocycles. The molecule has 0 aliphatic heterocycles. The summed E-state index contributed by atoms with van der Waals surface area (Å²) in [7, 11) is 0.458. The third kappa shape index (κ3) is 1.45. The summed E-state index contributed by atoms with van der Waals surface area (Å²) in [6, 6.07) is 8.96. The Kier molecular flexibility index (Phi) is 2.23. The largest absolute Gasteiger partial charge is 0.525 e. The Hall–Kier alpha value is -1.09. The molecule has 3 heteroatoms. The summed E-state index contributed by atoms with van der Waals surface area (Å²) < 4.78 is 4.64. The van der Waals surface area contributed by atoms with Crippen molar-refractivity contribution in [3.63, 3.8) is 0 Å². The van der Waals surface area contributed by atoms with E-state index in [1.807, 2.05) is 18.2 Å². The van der Waals surface area contributed by atoms with Gasteiger partial charge in [0.1, 0.15) is 0 Å². The predicted molar refractivity (Wildman–Crippen MR) is 41.8 cm³/mol. The fraction of sp³-hybridized carbons (Fsp3) is 0. The molecule has 0 unspecified atom stereocenters. The van der Waals surface area contributed by atoms with Gasteiger partial charge < -0.3 is 4.43 Å². The van der Waals surface area contributed by atoms with Gasteiger partial charge in [-0.1, -0.05) is 18.2 Å². The molecule has 0 atom stereocenters. The first-order chi connectivity index (χ1) is 4.84. The normalized spacial score (nSPS) is 9.20. The molecule has 0 bridgehead atoms. The quantitative estimate of drug-likeness (QED) is 0.534. The Bertz CT molecular complexity index is 220. The highest BCUT2D eigenvalue weighted by Gasteiger charge is 1.99. The monoisotopic (exact) mass is 152 g/mol. The van der Waals surface area contributed by atoms with E-state index in [-0.39, 0.29) is 5.97 Å². The molecule has 10 heavy (non-hydrogen) atoms. The fourth-order valence-corrected chi connectivity index (χ4v) is 0.928. The summed E-state index contributed by atoms with van der Waals surface area (Å²) in [4.78, 5) is 10.8. The molecule has 2 nitrogen and oxygen atoms in total. The van der Waals surface area contributed by atoms with Crippen molar-refractivity contribution in [2.24, 2.45) is 0 Å². The van der Waals surface area contributed by atoms with Gasteiger partial charge in [0.05, 0.1) is 5.56 Å². The first-order valence-corrected chi connectivity index (χ1v) is 3.79. The van der Waals surface area contributed by atoms with Gasteiger partial charge in [-0.2, -0.15) is 0 Å². The van der Waals surface area contributed by atoms with E-state index in [9.17, 15) is 4.79 Å². The fourth-order valence-electron chi connectivity index (χ4n) is 0.692. The van der Waals surface area contributed by atoms with Crippen LogP contribution in [0.4, 0.5) is 0 Å². The second kappa shape index (κ2) is 3.17. The van der Waals surface area contributed by atoms with Crippen LogP contribution >= 0.6 is 0 Å². The van der Waals surface area contributed by atoms with Crippen LogP contribution in [0.15, 0.2) is 30.3 Å². The van der Waals surface area contributed by atoms with Gasteiger partial charge in [-0.25, -0.2) is 4.79 Å². The second-order valence-electron chi connectivity index (χ2n) is 1.86. The average Bonchev–Trinajstić information content (AvgIpc) is 2.05. The molecule has 0 saturated heterocycles. The van der Waals surface area contributed by atoms with Crippen molar-refractivity contribution in [3.8, 4) is 0 Å². The van der Waals surface area contributed by atoms with Gasteiger partial charge in [0, 0.05) is 0 Å². The molecule has 1 aromatic rings. The number of benzene rings is 1. The molecule has 0 saturated carbocycles. The molecular weight excluding hydrogens is 144 g/mol. The maximum Gasteiger partial charge on any atom is 0.324 e. The smallest absolute Gasteiger partial charge is 0.324 e. The van der Waals surface area contributed by atoms with E-state index in [1.54, 1.807) is 12.1 Å². The molecule has 0 amide bonds. The topological polar surface area (TPSA) is 26.3 Å². The van der Waals surface area contributed by atoms with E-state index in [1.165, 1.54) is 0 Å². The molecule has 0 N–H and O–H groups in total. The summed E-state index contributed by atoms with van der Waals surface area (Å²) in [5.74, 6) is -0.229. The van der Waals surface area contributed by atoms with Crippen molar-refractivity contribution in [2.75, 3.05) is 0 Å². The minimum Gasteiger partial charge on any atom is -0.525 e. The zero-order chi connectivity index (χ0) is 7.40. The van der Waals surface area contributed by atoms with Gasteiger partial charge in [-0.3, -0.25) is 0 Å². The maximum absolute atomic E-state index is 10.8. The van der Waals surface area contributed by atoms with Crippen molar-refractivity contribution >= 4 is 16.5 Å². The van der Waals surface area contributed by atoms with Crippen LogP contribution in [0.2, 0.25) is 0 Å². The van der Waals surface area contributed by atoms with E-state index in [0.29, 0.717) is 16.0 Å². The molecule has 0 spiro atoms. The zero-order valence-corrected chi connectivity index (χ0v) is 7.70. The summed E-state index contributed by atoms with van der Waals surface area (Å²) in [5, 5.41) is 0. The van der Waals surface area contributed by atoms with Crippen LogP contribution in [0.5, 0.6) is 0 Å². The van der Waals surface area contributed by atoms with Crippen molar-refractivity contribution < 1.29 is 9.22 Å². The maximum atomic E-state index is 10.8. The highest BCUT2D eigenvalue weighted by atomic mass is 28.2. The molecule has 0 aromatic heterocycles. The van der Waals surface area contributed by atoms with Crippen molar-refractivity contribution in [3.05, 3.63) is 35.9 Å². The van der Waals surface area contributed by atoms with Crippen molar-refractivity contribution in [1.29, 1.82) is 0 Å². The van der Waals surface area contributed by atoms with Gasteiger partial charge in [-0.05, 0) is 12.1 Å². The molecule has 1 rings (SSSR count).